The quantitative estimate of drug-likeness (QED) is 0.454. The summed E-state index contributed by atoms with van der Waals surface area (Å²) >= 11 is 0. The number of carbonyl (C=O) groups is 1. The summed E-state index contributed by atoms with van der Waals surface area (Å²) in [6, 6.07) is 0. The van der Waals surface area contributed by atoms with Gasteiger partial charge >= 0.3 is 48.1 Å². The monoisotopic (exact) mass is 492 g/mol. The molecule has 178 valence electrons. The third-order valence-electron chi connectivity index (χ3n) is 2.77. The third-order valence-corrected chi connectivity index (χ3v) is 2.77. The van der Waals surface area contributed by atoms with Crippen LogP contribution in [0.25, 0.3) is 0 Å². The highest BCUT2D eigenvalue weighted by Crippen LogP contribution is 2.60. The van der Waals surface area contributed by atoms with Crippen molar-refractivity contribution in [1.82, 2.24) is 0 Å². The van der Waals surface area contributed by atoms with Gasteiger partial charge in [-0.3, -0.25) is 0 Å². The highest BCUT2D eigenvalue weighted by atomic mass is 19.4. The van der Waals surface area contributed by atoms with Gasteiger partial charge in [-0.1, -0.05) is 0 Å². The normalized spacial score (nSPS) is 16.4. The smallest absolute Gasteiger partial charge is 0.460 e. The Morgan fingerprint density at radius 1 is 0.600 bits per heavy atom. The van der Waals surface area contributed by atoms with Crippen molar-refractivity contribution in [3.63, 3.8) is 0 Å². The predicted octanol–water partition coefficient (Wildman–Crippen LogP) is 5.53. The van der Waals surface area contributed by atoms with Crippen LogP contribution < -0.4 is 0 Å². The van der Waals surface area contributed by atoms with E-state index in [1.165, 1.54) is 4.74 Å². The van der Waals surface area contributed by atoms with Gasteiger partial charge in [0.15, 0.2) is 0 Å². The molecule has 0 amide bonds. The van der Waals surface area contributed by atoms with Crippen molar-refractivity contribution >= 4 is 5.97 Å². The number of alkyl halides is 15. The Labute approximate surface area is 150 Å². The van der Waals surface area contributed by atoms with Crippen LogP contribution in [-0.2, 0) is 9.53 Å². The molecule has 0 fully saturated rings. The van der Waals surface area contributed by atoms with E-state index < -0.39 is 59.7 Å². The van der Waals surface area contributed by atoms with Crippen molar-refractivity contribution in [2.24, 2.45) is 0 Å². The van der Waals surface area contributed by atoms with Gasteiger partial charge in [0.2, 0.25) is 11.7 Å². The number of aliphatic carboxylic acids is 1. The molecular weight excluding hydrogens is 491 g/mol. The van der Waals surface area contributed by atoms with Crippen molar-refractivity contribution in [2.75, 3.05) is 0 Å². The molecule has 0 aromatic carbocycles. The molecule has 0 aliphatic carbocycles. The molecule has 0 aliphatic heterocycles. The van der Waals surface area contributed by atoms with Crippen LogP contribution >= 0.6 is 0 Å². The summed E-state index contributed by atoms with van der Waals surface area (Å²) in [5.41, 5.74) is 0. The molecule has 0 saturated heterocycles. The minimum absolute atomic E-state index is 1.47. The minimum Gasteiger partial charge on any atom is -0.475 e. The summed E-state index contributed by atoms with van der Waals surface area (Å²) in [6.45, 7) is 0. The zero-order chi connectivity index (χ0) is 24.9. The second kappa shape index (κ2) is 7.29. The summed E-state index contributed by atoms with van der Waals surface area (Å²) in [6.07, 6.45) is -21.2. The van der Waals surface area contributed by atoms with Crippen molar-refractivity contribution in [2.45, 2.75) is 42.1 Å². The maximum absolute atomic E-state index is 13.1. The van der Waals surface area contributed by atoms with E-state index in [9.17, 15) is 79.4 Å². The fourth-order valence-electron chi connectivity index (χ4n) is 1.25. The highest BCUT2D eigenvalue weighted by Gasteiger charge is 2.89. The first-order chi connectivity index (χ1) is 12.7. The van der Waals surface area contributed by atoms with E-state index in [0.717, 1.165) is 0 Å². The lowest BCUT2D eigenvalue weighted by Gasteiger charge is -2.38. The number of allylic oxidation sites excluding steroid dienone is 2. The lowest BCUT2D eigenvalue weighted by Crippen LogP contribution is -2.68. The van der Waals surface area contributed by atoms with Gasteiger partial charge in [-0.25, -0.2) is 13.9 Å². The maximum atomic E-state index is 13.1. The zero-order valence-corrected chi connectivity index (χ0v) is 12.7. The zero-order valence-electron chi connectivity index (χ0n) is 12.7. The fraction of sp³-hybridized carbons (Fsp3) is 0.700. The summed E-state index contributed by atoms with van der Waals surface area (Å²) in [5.74, 6) is -47.0. The first-order valence-corrected chi connectivity index (χ1v) is 6.05. The van der Waals surface area contributed by atoms with Crippen LogP contribution in [0.2, 0.25) is 0 Å². The van der Waals surface area contributed by atoms with E-state index in [1.54, 1.807) is 0 Å². The molecule has 0 heterocycles. The van der Waals surface area contributed by atoms with Crippen LogP contribution in [0, 0.1) is 0 Å². The number of ether oxygens (including phenoxy) is 1. The second-order valence-electron chi connectivity index (χ2n) is 4.86. The van der Waals surface area contributed by atoms with Crippen LogP contribution in [0.4, 0.5) is 74.6 Å². The molecular formula is C10HF17O3. The topological polar surface area (TPSA) is 46.5 Å². The van der Waals surface area contributed by atoms with E-state index in [-0.39, 0.29) is 0 Å². The SMILES string of the molecule is O=C(O)C(F)(F)OC(F)(F)C(F)(F)C(F)(F)C(F)(F)C(F)(F)/C(F)=C(\F)C(F)(F)F. The molecule has 0 aromatic rings. The Morgan fingerprint density at radius 3 is 1.27 bits per heavy atom. The molecule has 0 aliphatic rings. The van der Waals surface area contributed by atoms with Gasteiger partial charge in [-0.2, -0.15) is 70.2 Å². The highest BCUT2D eigenvalue weighted by molar-refractivity contribution is 5.73. The molecule has 0 radical (unpaired) electrons. The van der Waals surface area contributed by atoms with E-state index in [4.69, 9.17) is 5.11 Å². The van der Waals surface area contributed by atoms with Gasteiger partial charge in [0, 0.05) is 0 Å². The average molecular weight is 492 g/mol. The van der Waals surface area contributed by atoms with Gasteiger partial charge in [0.25, 0.3) is 0 Å². The average Bonchev–Trinajstić information content (AvgIpc) is 2.50. The van der Waals surface area contributed by atoms with Crippen LogP contribution in [0.3, 0.4) is 0 Å². The van der Waals surface area contributed by atoms with E-state index in [0.29, 0.717) is 0 Å². The van der Waals surface area contributed by atoms with E-state index >= 15 is 0 Å². The molecule has 30 heavy (non-hydrogen) atoms. The molecule has 1 N–H and O–H groups in total. The molecule has 3 nitrogen and oxygen atoms in total. The summed E-state index contributed by atoms with van der Waals surface area (Å²) in [7, 11) is 0. The van der Waals surface area contributed by atoms with Gasteiger partial charge in [-0.05, 0) is 0 Å². The van der Waals surface area contributed by atoms with Crippen LogP contribution in [0.15, 0.2) is 11.7 Å². The van der Waals surface area contributed by atoms with Crippen LogP contribution in [0.1, 0.15) is 0 Å². The largest absolute Gasteiger partial charge is 0.475 e. The Balaban J connectivity index is 6.59. The fourth-order valence-corrected chi connectivity index (χ4v) is 1.25. The Bertz CT molecular complexity index is 703. The van der Waals surface area contributed by atoms with Crippen molar-refractivity contribution in [3.05, 3.63) is 11.7 Å². The third kappa shape index (κ3) is 4.22. The van der Waals surface area contributed by atoms with Gasteiger partial charge in [0.1, 0.15) is 0 Å². The number of hydrogen-bond donors (Lipinski definition) is 1. The van der Waals surface area contributed by atoms with E-state index in [2.05, 4.69) is 0 Å². The van der Waals surface area contributed by atoms with Crippen molar-refractivity contribution in [3.8, 4) is 0 Å². The van der Waals surface area contributed by atoms with Crippen LogP contribution in [-0.4, -0.2) is 53.2 Å². The van der Waals surface area contributed by atoms with E-state index in [1.807, 2.05) is 0 Å². The molecule has 0 rings (SSSR count). The molecule has 0 saturated carbocycles. The Morgan fingerprint density at radius 2 is 0.967 bits per heavy atom. The van der Waals surface area contributed by atoms with Crippen molar-refractivity contribution in [1.29, 1.82) is 0 Å². The maximum Gasteiger partial charge on any atom is 0.460 e. The standard InChI is InChI=1S/C10HF17O3/c11-1(2(12)5(15,16)17)4(13,14)7(20,21)8(22,23)9(24,25)10(26,27)30-6(18,19)3(28)29/h(H,28,29)/b2-1+. The summed E-state index contributed by atoms with van der Waals surface area (Å²) in [5, 5.41) is 7.66. The van der Waals surface area contributed by atoms with Gasteiger partial charge in [0.05, 0.1) is 0 Å². The molecule has 0 unspecified atom stereocenters. The molecule has 0 bridgehead atoms. The Hall–Kier alpha value is -2.02. The van der Waals surface area contributed by atoms with Crippen LogP contribution in [0.5, 0.6) is 0 Å². The van der Waals surface area contributed by atoms with Crippen molar-refractivity contribution < 1.29 is 89.3 Å². The Kier molecular flexibility index (Phi) is 6.80. The minimum atomic E-state index is -8.47. The first kappa shape index (κ1) is 28.0. The van der Waals surface area contributed by atoms with Gasteiger partial charge in [-0.15, -0.1) is 0 Å². The molecule has 0 spiro atoms. The number of rotatable bonds is 8. The lowest BCUT2D eigenvalue weighted by molar-refractivity contribution is -0.474. The molecule has 0 atom stereocenters. The summed E-state index contributed by atoms with van der Waals surface area (Å²) < 4.78 is 217. The number of hydrogen-bond acceptors (Lipinski definition) is 2. The second-order valence-corrected chi connectivity index (χ2v) is 4.86. The first-order valence-electron chi connectivity index (χ1n) is 6.05. The lowest BCUT2D eigenvalue weighted by atomic mass is 9.96. The number of carboxylic acid groups (broad SMARTS) is 1. The van der Waals surface area contributed by atoms with Gasteiger partial charge < -0.3 is 5.11 Å². The summed E-state index contributed by atoms with van der Waals surface area (Å²) in [4.78, 5) is 9.78. The number of halogens is 17. The molecule has 20 heteroatoms. The number of carboxylic acids is 1. The predicted molar refractivity (Wildman–Crippen MR) is 53.7 cm³/mol. The molecule has 0 aromatic heterocycles.